The molecule has 3 rings (SSSR count). The van der Waals surface area contributed by atoms with Crippen LogP contribution in [0.5, 0.6) is 0 Å². The van der Waals surface area contributed by atoms with Crippen molar-refractivity contribution in [3.05, 3.63) is 53.2 Å². The number of thiazole rings is 1. The zero-order chi connectivity index (χ0) is 13.9. The summed E-state index contributed by atoms with van der Waals surface area (Å²) in [6.45, 7) is 1.76. The number of hydrogen-bond donors (Lipinski definition) is 1. The molecule has 0 fully saturated rings. The van der Waals surface area contributed by atoms with Gasteiger partial charge < -0.3 is 4.52 Å². The third kappa shape index (κ3) is 2.60. The van der Waals surface area contributed by atoms with Crippen molar-refractivity contribution < 1.29 is 9.32 Å². The van der Waals surface area contributed by atoms with Gasteiger partial charge in [0.15, 0.2) is 5.13 Å². The quantitative estimate of drug-likeness (QED) is 0.801. The minimum atomic E-state index is -0.348. The van der Waals surface area contributed by atoms with E-state index in [1.807, 2.05) is 35.7 Å². The summed E-state index contributed by atoms with van der Waals surface area (Å²) in [7, 11) is 0. The molecule has 0 aliphatic rings. The van der Waals surface area contributed by atoms with E-state index in [1.165, 1.54) is 11.3 Å². The largest absolute Gasteiger partial charge is 0.351 e. The number of nitrogens with zero attached hydrogens (tertiary/aromatic N) is 2. The number of nitrogens with one attached hydrogen (secondary N) is 1. The lowest BCUT2D eigenvalue weighted by atomic mass is 10.2. The maximum atomic E-state index is 11.9. The molecule has 1 amide bonds. The van der Waals surface area contributed by atoms with E-state index in [-0.39, 0.29) is 11.7 Å². The Morgan fingerprint density at radius 1 is 1.30 bits per heavy atom. The van der Waals surface area contributed by atoms with Gasteiger partial charge in [0.2, 0.25) is 5.76 Å². The first-order valence-electron chi connectivity index (χ1n) is 5.98. The zero-order valence-electron chi connectivity index (χ0n) is 10.7. The smallest absolute Gasteiger partial charge is 0.296 e. The Balaban J connectivity index is 1.76. The van der Waals surface area contributed by atoms with E-state index in [2.05, 4.69) is 15.5 Å². The zero-order valence-corrected chi connectivity index (χ0v) is 11.5. The molecule has 3 aromatic rings. The van der Waals surface area contributed by atoms with Gasteiger partial charge in [-0.1, -0.05) is 35.5 Å². The first-order chi connectivity index (χ1) is 9.72. The van der Waals surface area contributed by atoms with Gasteiger partial charge in [0.25, 0.3) is 5.91 Å². The normalized spacial score (nSPS) is 10.4. The topological polar surface area (TPSA) is 68.0 Å². The van der Waals surface area contributed by atoms with Crippen molar-refractivity contribution in [3.8, 4) is 11.3 Å². The summed E-state index contributed by atoms with van der Waals surface area (Å²) in [6.07, 6.45) is 0. The van der Waals surface area contributed by atoms with Crippen LogP contribution in [0.4, 0.5) is 5.13 Å². The predicted octanol–water partition coefficient (Wildman–Crippen LogP) is 3.36. The molecule has 0 aliphatic heterocycles. The van der Waals surface area contributed by atoms with Crippen molar-refractivity contribution in [3.63, 3.8) is 0 Å². The molecular weight excluding hydrogens is 274 g/mol. The average Bonchev–Trinajstić information content (AvgIpc) is 3.09. The molecule has 0 atom stereocenters. The number of amides is 1. The summed E-state index contributed by atoms with van der Waals surface area (Å²) in [5.41, 5.74) is 2.51. The fraction of sp³-hybridized carbons (Fsp3) is 0.0714. The van der Waals surface area contributed by atoms with E-state index in [4.69, 9.17) is 4.52 Å². The number of anilines is 1. The maximum Gasteiger partial charge on any atom is 0.296 e. The van der Waals surface area contributed by atoms with Gasteiger partial charge in [-0.05, 0) is 6.92 Å². The summed E-state index contributed by atoms with van der Waals surface area (Å²) in [5.74, 6) is -0.168. The first-order valence-corrected chi connectivity index (χ1v) is 6.86. The van der Waals surface area contributed by atoms with Gasteiger partial charge in [0.05, 0.1) is 11.4 Å². The highest BCUT2D eigenvalue weighted by Crippen LogP contribution is 2.24. The first kappa shape index (κ1) is 12.6. The molecule has 5 nitrogen and oxygen atoms in total. The van der Waals surface area contributed by atoms with Gasteiger partial charge in [0.1, 0.15) is 0 Å². The minimum Gasteiger partial charge on any atom is -0.351 e. The fourth-order valence-corrected chi connectivity index (χ4v) is 2.42. The lowest BCUT2D eigenvalue weighted by Gasteiger charge is -1.97. The minimum absolute atomic E-state index is 0.180. The lowest BCUT2D eigenvalue weighted by Crippen LogP contribution is -2.10. The molecule has 1 aromatic carbocycles. The molecule has 0 aliphatic carbocycles. The van der Waals surface area contributed by atoms with Crippen LogP contribution < -0.4 is 5.32 Å². The lowest BCUT2D eigenvalue weighted by molar-refractivity contribution is 0.0988. The van der Waals surface area contributed by atoms with E-state index >= 15 is 0 Å². The molecule has 2 heterocycles. The molecule has 0 saturated carbocycles. The number of hydrogen-bond acceptors (Lipinski definition) is 5. The predicted molar refractivity (Wildman–Crippen MR) is 76.7 cm³/mol. The van der Waals surface area contributed by atoms with Crippen LogP contribution in [-0.4, -0.2) is 16.0 Å². The maximum absolute atomic E-state index is 11.9. The van der Waals surface area contributed by atoms with E-state index in [0.717, 1.165) is 11.3 Å². The van der Waals surface area contributed by atoms with E-state index in [9.17, 15) is 4.79 Å². The summed E-state index contributed by atoms with van der Waals surface area (Å²) in [4.78, 5) is 16.3. The summed E-state index contributed by atoms with van der Waals surface area (Å²) in [5, 5.41) is 8.81. The summed E-state index contributed by atoms with van der Waals surface area (Å²) < 4.78 is 4.90. The van der Waals surface area contributed by atoms with Crippen molar-refractivity contribution in [2.45, 2.75) is 6.92 Å². The van der Waals surface area contributed by atoms with Crippen molar-refractivity contribution in [2.75, 3.05) is 5.32 Å². The average molecular weight is 285 g/mol. The molecule has 1 N–H and O–H groups in total. The molecule has 100 valence electrons. The van der Waals surface area contributed by atoms with E-state index in [1.54, 1.807) is 13.0 Å². The SMILES string of the molecule is Cc1cc(C(=O)Nc2nc(-c3ccccc3)cs2)on1. The van der Waals surface area contributed by atoms with Crippen LogP contribution in [0.3, 0.4) is 0 Å². The van der Waals surface area contributed by atoms with Gasteiger partial charge in [-0.2, -0.15) is 0 Å². The van der Waals surface area contributed by atoms with Gasteiger partial charge in [0, 0.05) is 17.0 Å². The Kier molecular flexibility index (Phi) is 3.30. The molecule has 20 heavy (non-hydrogen) atoms. The molecular formula is C14H11N3O2S. The molecule has 2 aromatic heterocycles. The Morgan fingerprint density at radius 2 is 2.10 bits per heavy atom. The third-order valence-corrected chi connectivity index (χ3v) is 3.40. The van der Waals surface area contributed by atoms with Crippen molar-refractivity contribution in [2.24, 2.45) is 0 Å². The molecule has 0 unspecified atom stereocenters. The van der Waals surface area contributed by atoms with Crippen LogP contribution in [0, 0.1) is 6.92 Å². The van der Waals surface area contributed by atoms with Crippen LogP contribution in [0.15, 0.2) is 46.3 Å². The standard InChI is InChI=1S/C14H11N3O2S/c1-9-7-12(19-17-9)13(18)16-14-15-11(8-20-14)10-5-3-2-4-6-10/h2-8H,1H3,(H,15,16,18). The van der Waals surface area contributed by atoms with Crippen LogP contribution in [0.1, 0.15) is 16.2 Å². The number of carbonyl (C=O) groups excluding carboxylic acids is 1. The molecule has 6 heteroatoms. The highest BCUT2D eigenvalue weighted by atomic mass is 32.1. The third-order valence-electron chi connectivity index (χ3n) is 2.65. The second-order valence-corrected chi connectivity index (χ2v) is 5.05. The van der Waals surface area contributed by atoms with Gasteiger partial charge in [-0.15, -0.1) is 11.3 Å². The van der Waals surface area contributed by atoms with Gasteiger partial charge in [-0.3, -0.25) is 10.1 Å². The molecule has 0 bridgehead atoms. The number of rotatable bonds is 3. The summed E-state index contributed by atoms with van der Waals surface area (Å²) >= 11 is 1.37. The van der Waals surface area contributed by atoms with Gasteiger partial charge >= 0.3 is 0 Å². The number of aromatic nitrogens is 2. The monoisotopic (exact) mass is 285 g/mol. The Hall–Kier alpha value is -2.47. The van der Waals surface area contributed by atoms with E-state index < -0.39 is 0 Å². The highest BCUT2D eigenvalue weighted by Gasteiger charge is 2.13. The van der Waals surface area contributed by atoms with Crippen molar-refractivity contribution >= 4 is 22.4 Å². The van der Waals surface area contributed by atoms with Crippen LogP contribution in [0.25, 0.3) is 11.3 Å². The van der Waals surface area contributed by atoms with Gasteiger partial charge in [-0.25, -0.2) is 4.98 Å². The van der Waals surface area contributed by atoms with E-state index in [0.29, 0.717) is 10.8 Å². The molecule has 0 spiro atoms. The van der Waals surface area contributed by atoms with Crippen LogP contribution in [0.2, 0.25) is 0 Å². The number of aryl methyl sites for hydroxylation is 1. The summed E-state index contributed by atoms with van der Waals surface area (Å²) in [6, 6.07) is 11.4. The second kappa shape index (κ2) is 5.26. The van der Waals surface area contributed by atoms with Crippen LogP contribution in [-0.2, 0) is 0 Å². The number of benzene rings is 1. The fourth-order valence-electron chi connectivity index (χ4n) is 1.70. The Labute approximate surface area is 119 Å². The second-order valence-electron chi connectivity index (χ2n) is 4.19. The Bertz CT molecular complexity index is 734. The van der Waals surface area contributed by atoms with Crippen molar-refractivity contribution in [1.29, 1.82) is 0 Å². The highest BCUT2D eigenvalue weighted by molar-refractivity contribution is 7.14. The van der Waals surface area contributed by atoms with Crippen molar-refractivity contribution in [1.82, 2.24) is 10.1 Å². The molecule has 0 saturated heterocycles. The molecule has 0 radical (unpaired) electrons. The Morgan fingerprint density at radius 3 is 2.80 bits per heavy atom. The van der Waals surface area contributed by atoms with Crippen LogP contribution >= 0.6 is 11.3 Å². The number of carbonyl (C=O) groups is 1.